The fourth-order valence-electron chi connectivity index (χ4n) is 1.21. The van der Waals surface area contributed by atoms with Gasteiger partial charge in [-0.25, -0.2) is 4.98 Å². The molecule has 98 valence electrons. The van der Waals surface area contributed by atoms with E-state index in [2.05, 4.69) is 43.0 Å². The van der Waals surface area contributed by atoms with Crippen LogP contribution < -0.4 is 11.1 Å². The Labute approximate surface area is 124 Å². The Kier molecular flexibility index (Phi) is 6.99. The van der Waals surface area contributed by atoms with Crippen LogP contribution in [-0.2, 0) is 6.42 Å². The molecule has 0 bridgehead atoms. The summed E-state index contributed by atoms with van der Waals surface area (Å²) in [5.74, 6) is 0.501. The van der Waals surface area contributed by atoms with E-state index in [1.165, 1.54) is 4.88 Å². The first-order chi connectivity index (χ1) is 7.37. The van der Waals surface area contributed by atoms with E-state index in [9.17, 15) is 0 Å². The Morgan fingerprint density at radius 2 is 2.18 bits per heavy atom. The van der Waals surface area contributed by atoms with Crippen LogP contribution >= 0.6 is 35.3 Å². The average molecular weight is 368 g/mol. The number of hydrogen-bond acceptors (Lipinski definition) is 3. The predicted octanol–water partition coefficient (Wildman–Crippen LogP) is 2.31. The van der Waals surface area contributed by atoms with Crippen molar-refractivity contribution in [1.82, 2.24) is 10.3 Å². The lowest BCUT2D eigenvalue weighted by Crippen LogP contribution is -2.45. The summed E-state index contributed by atoms with van der Waals surface area (Å²) in [5, 5.41) is 4.24. The first kappa shape index (κ1) is 16.6. The normalized spacial score (nSPS) is 12.1. The minimum absolute atomic E-state index is 0. The standard InChI is InChI=1S/C11H20N4S.HI/c1-8-7-14-9(16-8)5-6-13-10(12)15-11(2,3)4;/h7H,5-6H2,1-4H3,(H3,12,13,15);1H. The van der Waals surface area contributed by atoms with Gasteiger partial charge in [-0.3, -0.25) is 4.99 Å². The summed E-state index contributed by atoms with van der Waals surface area (Å²) in [5.41, 5.74) is 5.71. The molecule has 0 amide bonds. The fourth-order valence-corrected chi connectivity index (χ4v) is 1.99. The Morgan fingerprint density at radius 1 is 1.53 bits per heavy atom. The smallest absolute Gasteiger partial charge is 0.188 e. The number of hydrogen-bond donors (Lipinski definition) is 2. The van der Waals surface area contributed by atoms with Crippen molar-refractivity contribution in [2.75, 3.05) is 6.54 Å². The monoisotopic (exact) mass is 368 g/mol. The maximum atomic E-state index is 5.75. The number of nitrogens with zero attached hydrogens (tertiary/aromatic N) is 2. The Bertz CT molecular complexity index is 368. The highest BCUT2D eigenvalue weighted by Crippen LogP contribution is 2.11. The number of aryl methyl sites for hydroxylation is 1. The number of rotatable bonds is 3. The second kappa shape index (κ2) is 7.15. The highest BCUT2D eigenvalue weighted by molar-refractivity contribution is 14.0. The molecule has 1 aromatic rings. The SMILES string of the molecule is Cc1cnc(CCN=C(N)NC(C)(C)C)s1.I. The Morgan fingerprint density at radius 3 is 2.65 bits per heavy atom. The first-order valence-electron chi connectivity index (χ1n) is 5.36. The van der Waals surface area contributed by atoms with E-state index in [1.54, 1.807) is 11.3 Å². The average Bonchev–Trinajstić information content (AvgIpc) is 2.48. The van der Waals surface area contributed by atoms with Crippen LogP contribution in [0.4, 0.5) is 0 Å². The topological polar surface area (TPSA) is 63.3 Å². The molecule has 1 heterocycles. The van der Waals surface area contributed by atoms with Crippen molar-refractivity contribution in [3.8, 4) is 0 Å². The van der Waals surface area contributed by atoms with Crippen LogP contribution in [0, 0.1) is 6.92 Å². The summed E-state index contributed by atoms with van der Waals surface area (Å²) in [6, 6.07) is 0. The molecule has 0 saturated carbocycles. The van der Waals surface area contributed by atoms with Gasteiger partial charge in [0.05, 0.1) is 5.01 Å². The minimum atomic E-state index is -0.0364. The van der Waals surface area contributed by atoms with Crippen molar-refractivity contribution < 1.29 is 0 Å². The number of guanidine groups is 1. The molecule has 0 atom stereocenters. The van der Waals surface area contributed by atoms with Crippen molar-refractivity contribution in [3.05, 3.63) is 16.1 Å². The number of nitrogens with two attached hydrogens (primary N) is 1. The highest BCUT2D eigenvalue weighted by Gasteiger charge is 2.09. The second-order valence-corrected chi connectivity index (χ2v) is 6.08. The van der Waals surface area contributed by atoms with E-state index in [4.69, 9.17) is 5.73 Å². The maximum Gasteiger partial charge on any atom is 0.188 e. The first-order valence-corrected chi connectivity index (χ1v) is 6.18. The van der Waals surface area contributed by atoms with Gasteiger partial charge < -0.3 is 11.1 Å². The number of aliphatic imine (C=N–C) groups is 1. The molecule has 0 radical (unpaired) electrons. The van der Waals surface area contributed by atoms with E-state index in [1.807, 2.05) is 6.20 Å². The van der Waals surface area contributed by atoms with Gasteiger partial charge in [-0.15, -0.1) is 35.3 Å². The lowest BCUT2D eigenvalue weighted by molar-refractivity contribution is 0.508. The molecule has 6 heteroatoms. The summed E-state index contributed by atoms with van der Waals surface area (Å²) < 4.78 is 0. The summed E-state index contributed by atoms with van der Waals surface area (Å²) in [4.78, 5) is 9.78. The number of nitrogens with one attached hydrogen (secondary N) is 1. The molecule has 0 aliphatic heterocycles. The van der Waals surface area contributed by atoms with E-state index in [-0.39, 0.29) is 29.5 Å². The van der Waals surface area contributed by atoms with Crippen LogP contribution in [0.25, 0.3) is 0 Å². The number of halogens is 1. The number of thiazole rings is 1. The lowest BCUT2D eigenvalue weighted by atomic mass is 10.1. The molecule has 17 heavy (non-hydrogen) atoms. The van der Waals surface area contributed by atoms with Gasteiger partial charge in [0, 0.05) is 29.6 Å². The van der Waals surface area contributed by atoms with E-state index in [0.717, 1.165) is 11.4 Å². The van der Waals surface area contributed by atoms with Crippen molar-refractivity contribution in [2.45, 2.75) is 39.7 Å². The molecule has 0 saturated heterocycles. The van der Waals surface area contributed by atoms with E-state index >= 15 is 0 Å². The van der Waals surface area contributed by atoms with Crippen LogP contribution in [0.3, 0.4) is 0 Å². The summed E-state index contributed by atoms with van der Waals surface area (Å²) >= 11 is 1.71. The zero-order chi connectivity index (χ0) is 12.2. The summed E-state index contributed by atoms with van der Waals surface area (Å²) in [7, 11) is 0. The van der Waals surface area contributed by atoms with Crippen LogP contribution in [0.2, 0.25) is 0 Å². The van der Waals surface area contributed by atoms with Crippen LogP contribution in [0.1, 0.15) is 30.7 Å². The minimum Gasteiger partial charge on any atom is -0.370 e. The van der Waals surface area contributed by atoms with Crippen molar-refractivity contribution in [1.29, 1.82) is 0 Å². The largest absolute Gasteiger partial charge is 0.370 e. The molecule has 0 aliphatic rings. The Hall–Kier alpha value is -0.370. The lowest BCUT2D eigenvalue weighted by Gasteiger charge is -2.20. The third-order valence-corrected chi connectivity index (χ3v) is 2.75. The van der Waals surface area contributed by atoms with Gasteiger partial charge in [-0.1, -0.05) is 0 Å². The summed E-state index contributed by atoms with van der Waals surface area (Å²) in [6.45, 7) is 8.90. The van der Waals surface area contributed by atoms with Crippen LogP contribution in [0.5, 0.6) is 0 Å². The molecule has 0 spiro atoms. The third kappa shape index (κ3) is 7.54. The zero-order valence-corrected chi connectivity index (χ0v) is 13.9. The second-order valence-electron chi connectivity index (χ2n) is 4.76. The molecular formula is C11H21IN4S. The fraction of sp³-hybridized carbons (Fsp3) is 0.636. The molecule has 0 fully saturated rings. The predicted molar refractivity (Wildman–Crippen MR) is 85.3 cm³/mol. The quantitative estimate of drug-likeness (QED) is 0.489. The van der Waals surface area contributed by atoms with Gasteiger partial charge in [-0.05, 0) is 27.7 Å². The van der Waals surface area contributed by atoms with Crippen molar-refractivity contribution in [3.63, 3.8) is 0 Å². The highest BCUT2D eigenvalue weighted by atomic mass is 127. The van der Waals surface area contributed by atoms with Gasteiger partial charge in [0.25, 0.3) is 0 Å². The van der Waals surface area contributed by atoms with Crippen molar-refractivity contribution in [2.24, 2.45) is 10.7 Å². The molecular weight excluding hydrogens is 347 g/mol. The van der Waals surface area contributed by atoms with Gasteiger partial charge in [-0.2, -0.15) is 0 Å². The van der Waals surface area contributed by atoms with Gasteiger partial charge in [0.2, 0.25) is 0 Å². The Balaban J connectivity index is 0.00000256. The van der Waals surface area contributed by atoms with Gasteiger partial charge in [0.1, 0.15) is 0 Å². The molecule has 1 aromatic heterocycles. The molecule has 3 N–H and O–H groups in total. The van der Waals surface area contributed by atoms with Gasteiger partial charge >= 0.3 is 0 Å². The van der Waals surface area contributed by atoms with E-state index in [0.29, 0.717) is 12.5 Å². The number of aromatic nitrogens is 1. The van der Waals surface area contributed by atoms with Crippen molar-refractivity contribution >= 4 is 41.3 Å². The molecule has 0 unspecified atom stereocenters. The molecule has 1 rings (SSSR count). The third-order valence-electron chi connectivity index (χ3n) is 1.78. The summed E-state index contributed by atoms with van der Waals surface area (Å²) in [6.07, 6.45) is 2.74. The van der Waals surface area contributed by atoms with Crippen LogP contribution in [-0.4, -0.2) is 23.0 Å². The van der Waals surface area contributed by atoms with Gasteiger partial charge in [0.15, 0.2) is 5.96 Å². The molecule has 4 nitrogen and oxygen atoms in total. The van der Waals surface area contributed by atoms with Crippen LogP contribution in [0.15, 0.2) is 11.2 Å². The van der Waals surface area contributed by atoms with E-state index < -0.39 is 0 Å². The zero-order valence-electron chi connectivity index (χ0n) is 10.8. The maximum absolute atomic E-state index is 5.75. The molecule has 0 aliphatic carbocycles. The molecule has 0 aromatic carbocycles.